The summed E-state index contributed by atoms with van der Waals surface area (Å²) in [5.74, 6) is 0.208. The summed E-state index contributed by atoms with van der Waals surface area (Å²) >= 11 is 0. The minimum atomic E-state index is -0.354. The second-order valence-electron chi connectivity index (χ2n) is 6.59. The van der Waals surface area contributed by atoms with Crippen LogP contribution in [-0.4, -0.2) is 34.4 Å². The van der Waals surface area contributed by atoms with Gasteiger partial charge in [0.15, 0.2) is 0 Å². The maximum atomic E-state index is 11.9. The number of hydrogen-bond acceptors (Lipinski definition) is 5. The average molecular weight is 344 g/mol. The number of rotatable bonds is 8. The summed E-state index contributed by atoms with van der Waals surface area (Å²) in [6.07, 6.45) is 6.09. The predicted molar refractivity (Wildman–Crippen MR) is 98.3 cm³/mol. The molecule has 25 heavy (non-hydrogen) atoms. The van der Waals surface area contributed by atoms with Crippen LogP contribution in [0.2, 0.25) is 0 Å². The van der Waals surface area contributed by atoms with Crippen molar-refractivity contribution in [3.8, 4) is 11.3 Å². The Morgan fingerprint density at radius 1 is 1.36 bits per heavy atom. The van der Waals surface area contributed by atoms with Crippen molar-refractivity contribution in [2.75, 3.05) is 13.7 Å². The van der Waals surface area contributed by atoms with Gasteiger partial charge in [-0.15, -0.1) is 0 Å². The molecule has 6 heteroatoms. The van der Waals surface area contributed by atoms with E-state index < -0.39 is 0 Å². The molecular weight excluding hydrogens is 316 g/mol. The van der Waals surface area contributed by atoms with E-state index >= 15 is 0 Å². The number of pyridine rings is 1. The Labute approximate surface area is 149 Å². The first-order valence-corrected chi connectivity index (χ1v) is 8.74. The molecule has 0 aromatic carbocycles. The van der Waals surface area contributed by atoms with Crippen molar-refractivity contribution in [2.24, 2.45) is 18.7 Å². The van der Waals surface area contributed by atoms with Crippen LogP contribution in [0.1, 0.15) is 47.9 Å². The van der Waals surface area contributed by atoms with Crippen LogP contribution in [0, 0.1) is 12.8 Å². The van der Waals surface area contributed by atoms with Gasteiger partial charge in [0.1, 0.15) is 0 Å². The van der Waals surface area contributed by atoms with Crippen LogP contribution in [0.4, 0.5) is 0 Å². The molecule has 0 aliphatic heterocycles. The van der Waals surface area contributed by atoms with Gasteiger partial charge in [-0.05, 0) is 50.8 Å². The fourth-order valence-corrected chi connectivity index (χ4v) is 2.92. The molecule has 2 heterocycles. The standard InChI is InChI=1S/C19H28N4O2/c1-13(11-20)7-5-6-8-18-16(12-21-23(18)3)17-10-15(19(24)25-4)9-14(2)22-17/h9-10,12-13H,5-8,11,20H2,1-4H3/t13-/m1/s1. The highest BCUT2D eigenvalue weighted by molar-refractivity contribution is 5.90. The van der Waals surface area contributed by atoms with E-state index in [0.717, 1.165) is 54.9 Å². The lowest BCUT2D eigenvalue weighted by molar-refractivity contribution is 0.0600. The molecule has 0 bridgehead atoms. The summed E-state index contributed by atoms with van der Waals surface area (Å²) < 4.78 is 6.72. The number of aryl methyl sites for hydroxylation is 2. The zero-order valence-electron chi connectivity index (χ0n) is 15.6. The number of esters is 1. The van der Waals surface area contributed by atoms with E-state index in [1.54, 1.807) is 12.1 Å². The van der Waals surface area contributed by atoms with E-state index in [4.69, 9.17) is 10.5 Å². The van der Waals surface area contributed by atoms with Crippen molar-refractivity contribution < 1.29 is 9.53 Å². The lowest BCUT2D eigenvalue weighted by Crippen LogP contribution is -2.10. The maximum absolute atomic E-state index is 11.9. The Bertz CT molecular complexity index is 724. The van der Waals surface area contributed by atoms with Crippen LogP contribution in [0.15, 0.2) is 18.3 Å². The summed E-state index contributed by atoms with van der Waals surface area (Å²) in [5.41, 5.74) is 9.84. The molecule has 0 unspecified atom stereocenters. The second-order valence-corrected chi connectivity index (χ2v) is 6.59. The molecule has 0 saturated heterocycles. The Morgan fingerprint density at radius 2 is 2.12 bits per heavy atom. The van der Waals surface area contributed by atoms with E-state index in [1.807, 2.05) is 24.9 Å². The van der Waals surface area contributed by atoms with Gasteiger partial charge >= 0.3 is 5.97 Å². The third-order valence-corrected chi connectivity index (χ3v) is 4.47. The highest BCUT2D eigenvalue weighted by atomic mass is 16.5. The Balaban J connectivity index is 2.20. The molecule has 2 N–H and O–H groups in total. The van der Waals surface area contributed by atoms with E-state index in [2.05, 4.69) is 17.0 Å². The van der Waals surface area contributed by atoms with Crippen molar-refractivity contribution in [1.82, 2.24) is 14.8 Å². The third-order valence-electron chi connectivity index (χ3n) is 4.47. The number of nitrogens with two attached hydrogens (primary N) is 1. The molecule has 136 valence electrons. The monoisotopic (exact) mass is 344 g/mol. The topological polar surface area (TPSA) is 83.0 Å². The summed E-state index contributed by atoms with van der Waals surface area (Å²) in [6.45, 7) is 4.79. The fraction of sp³-hybridized carbons (Fsp3) is 0.526. The van der Waals surface area contributed by atoms with Crippen LogP contribution >= 0.6 is 0 Å². The summed E-state index contributed by atoms with van der Waals surface area (Å²) in [7, 11) is 3.33. The van der Waals surface area contributed by atoms with Gasteiger partial charge in [-0.3, -0.25) is 9.67 Å². The van der Waals surface area contributed by atoms with Gasteiger partial charge in [0.2, 0.25) is 0 Å². The lowest BCUT2D eigenvalue weighted by atomic mass is 10.0. The number of nitrogens with zero attached hydrogens (tertiary/aromatic N) is 3. The highest BCUT2D eigenvalue weighted by Crippen LogP contribution is 2.25. The molecular formula is C19H28N4O2. The summed E-state index contributed by atoms with van der Waals surface area (Å²) in [6, 6.07) is 3.51. The first kappa shape index (κ1) is 19.1. The molecule has 0 spiro atoms. The number of carbonyl (C=O) groups is 1. The zero-order chi connectivity index (χ0) is 18.4. The van der Waals surface area contributed by atoms with Gasteiger partial charge in [0, 0.05) is 24.0 Å². The third kappa shape index (κ3) is 4.89. The Kier molecular flexibility index (Phi) is 6.70. The molecule has 1 atom stereocenters. The molecule has 2 aromatic heterocycles. The van der Waals surface area contributed by atoms with E-state index in [0.29, 0.717) is 11.5 Å². The van der Waals surface area contributed by atoms with Gasteiger partial charge in [0.25, 0.3) is 0 Å². The first-order valence-electron chi connectivity index (χ1n) is 8.74. The van der Waals surface area contributed by atoms with Crippen LogP contribution in [-0.2, 0) is 18.2 Å². The average Bonchev–Trinajstić information content (AvgIpc) is 2.97. The van der Waals surface area contributed by atoms with Gasteiger partial charge in [-0.2, -0.15) is 5.10 Å². The SMILES string of the molecule is COC(=O)c1cc(C)nc(-c2cnn(C)c2CCCC[C@@H](C)CN)c1. The molecule has 0 aliphatic rings. The molecule has 2 aromatic rings. The van der Waals surface area contributed by atoms with Crippen molar-refractivity contribution in [3.63, 3.8) is 0 Å². The molecule has 0 fully saturated rings. The first-order chi connectivity index (χ1) is 12.0. The molecule has 6 nitrogen and oxygen atoms in total. The van der Waals surface area contributed by atoms with Gasteiger partial charge < -0.3 is 10.5 Å². The van der Waals surface area contributed by atoms with Crippen molar-refractivity contribution in [3.05, 3.63) is 35.3 Å². The predicted octanol–water partition coefficient (Wildman–Crippen LogP) is 2.88. The molecule has 2 rings (SSSR count). The summed E-state index contributed by atoms with van der Waals surface area (Å²) in [4.78, 5) is 16.4. The van der Waals surface area contributed by atoms with Crippen LogP contribution in [0.3, 0.4) is 0 Å². The smallest absolute Gasteiger partial charge is 0.337 e. The Hall–Kier alpha value is -2.21. The van der Waals surface area contributed by atoms with Crippen LogP contribution < -0.4 is 5.73 Å². The quantitative estimate of drug-likeness (QED) is 0.588. The van der Waals surface area contributed by atoms with Gasteiger partial charge in [-0.25, -0.2) is 4.79 Å². The number of hydrogen-bond donors (Lipinski definition) is 1. The number of ether oxygens (including phenoxy) is 1. The molecule has 0 saturated carbocycles. The zero-order valence-corrected chi connectivity index (χ0v) is 15.6. The van der Waals surface area contributed by atoms with Gasteiger partial charge in [0.05, 0.1) is 24.6 Å². The van der Waals surface area contributed by atoms with Crippen molar-refractivity contribution >= 4 is 5.97 Å². The van der Waals surface area contributed by atoms with E-state index in [1.165, 1.54) is 7.11 Å². The largest absolute Gasteiger partial charge is 0.465 e. The second kappa shape index (κ2) is 8.76. The van der Waals surface area contributed by atoms with E-state index in [9.17, 15) is 4.79 Å². The molecule has 0 amide bonds. The Morgan fingerprint density at radius 3 is 2.80 bits per heavy atom. The fourth-order valence-electron chi connectivity index (χ4n) is 2.92. The minimum Gasteiger partial charge on any atom is -0.465 e. The number of aromatic nitrogens is 3. The normalized spacial score (nSPS) is 12.2. The van der Waals surface area contributed by atoms with Crippen molar-refractivity contribution in [2.45, 2.75) is 39.5 Å². The van der Waals surface area contributed by atoms with Gasteiger partial charge in [-0.1, -0.05) is 13.3 Å². The highest BCUT2D eigenvalue weighted by Gasteiger charge is 2.15. The molecule has 0 aliphatic carbocycles. The van der Waals surface area contributed by atoms with E-state index in [-0.39, 0.29) is 5.97 Å². The number of unbranched alkanes of at least 4 members (excludes halogenated alkanes) is 1. The van der Waals surface area contributed by atoms with Crippen LogP contribution in [0.5, 0.6) is 0 Å². The molecule has 0 radical (unpaired) electrons. The number of carbonyl (C=O) groups excluding carboxylic acids is 1. The lowest BCUT2D eigenvalue weighted by Gasteiger charge is -2.10. The van der Waals surface area contributed by atoms with Crippen molar-refractivity contribution in [1.29, 1.82) is 0 Å². The summed E-state index contributed by atoms with van der Waals surface area (Å²) in [5, 5.41) is 4.39. The number of methoxy groups -OCH3 is 1. The minimum absolute atomic E-state index is 0.354. The van der Waals surface area contributed by atoms with Crippen LogP contribution in [0.25, 0.3) is 11.3 Å². The maximum Gasteiger partial charge on any atom is 0.337 e.